The van der Waals surface area contributed by atoms with Crippen molar-refractivity contribution in [3.05, 3.63) is 29.8 Å². The standard InChI is InChI=1S/C18H27NO3/c20-16-6-4-15(5-7-16)13-19-10-8-17(9-11-19)22-14-18-3-1-2-12-21-18/h4-7,17-18,20H,1-3,8-14H2/t18-/m0/s1. The second-order valence-electron chi connectivity index (χ2n) is 6.46. The van der Waals surface area contributed by atoms with Gasteiger partial charge in [-0.15, -0.1) is 0 Å². The van der Waals surface area contributed by atoms with Crippen molar-refractivity contribution in [3.8, 4) is 5.75 Å². The molecule has 2 aliphatic heterocycles. The number of phenolic OH excluding ortho intramolecular Hbond substituents is 1. The van der Waals surface area contributed by atoms with E-state index < -0.39 is 0 Å². The van der Waals surface area contributed by atoms with Crippen molar-refractivity contribution in [1.29, 1.82) is 0 Å². The van der Waals surface area contributed by atoms with Gasteiger partial charge in [0.05, 0.1) is 18.8 Å². The highest BCUT2D eigenvalue weighted by Gasteiger charge is 2.22. The molecule has 2 aliphatic rings. The molecule has 122 valence electrons. The van der Waals surface area contributed by atoms with Crippen LogP contribution in [0.3, 0.4) is 0 Å². The minimum absolute atomic E-state index is 0.323. The molecule has 0 amide bonds. The first kappa shape index (κ1) is 15.8. The molecule has 0 radical (unpaired) electrons. The Labute approximate surface area is 133 Å². The summed E-state index contributed by atoms with van der Waals surface area (Å²) >= 11 is 0. The third-order valence-electron chi connectivity index (χ3n) is 4.67. The van der Waals surface area contributed by atoms with Crippen LogP contribution in [0, 0.1) is 0 Å². The molecule has 2 heterocycles. The predicted molar refractivity (Wildman–Crippen MR) is 85.9 cm³/mol. The number of ether oxygens (including phenoxy) is 2. The molecule has 4 heteroatoms. The molecule has 0 saturated carbocycles. The van der Waals surface area contributed by atoms with Gasteiger partial charge >= 0.3 is 0 Å². The Morgan fingerprint density at radius 3 is 2.55 bits per heavy atom. The third kappa shape index (κ3) is 4.70. The highest BCUT2D eigenvalue weighted by molar-refractivity contribution is 5.25. The van der Waals surface area contributed by atoms with Gasteiger partial charge in [-0.1, -0.05) is 12.1 Å². The largest absolute Gasteiger partial charge is 0.508 e. The molecule has 0 spiro atoms. The van der Waals surface area contributed by atoms with E-state index in [1.807, 2.05) is 12.1 Å². The number of phenols is 1. The summed E-state index contributed by atoms with van der Waals surface area (Å²) in [5, 5.41) is 9.32. The fourth-order valence-corrected chi connectivity index (χ4v) is 3.28. The molecule has 4 nitrogen and oxygen atoms in total. The van der Waals surface area contributed by atoms with Gasteiger partial charge in [0.15, 0.2) is 0 Å². The molecule has 22 heavy (non-hydrogen) atoms. The second kappa shape index (κ2) is 7.95. The van der Waals surface area contributed by atoms with Crippen LogP contribution >= 0.6 is 0 Å². The lowest BCUT2D eigenvalue weighted by atomic mass is 10.1. The minimum atomic E-state index is 0.323. The molecule has 2 saturated heterocycles. The Morgan fingerprint density at radius 2 is 1.86 bits per heavy atom. The summed E-state index contributed by atoms with van der Waals surface area (Å²) < 4.78 is 11.8. The third-order valence-corrected chi connectivity index (χ3v) is 4.67. The minimum Gasteiger partial charge on any atom is -0.508 e. The first-order chi connectivity index (χ1) is 10.8. The summed E-state index contributed by atoms with van der Waals surface area (Å²) in [6, 6.07) is 7.52. The van der Waals surface area contributed by atoms with Gasteiger partial charge in [-0.25, -0.2) is 0 Å². The maximum atomic E-state index is 9.32. The zero-order valence-corrected chi connectivity index (χ0v) is 13.2. The Hall–Kier alpha value is -1.10. The number of nitrogens with zero attached hydrogens (tertiary/aromatic N) is 1. The fourth-order valence-electron chi connectivity index (χ4n) is 3.28. The topological polar surface area (TPSA) is 41.9 Å². The van der Waals surface area contributed by atoms with Crippen molar-refractivity contribution in [2.75, 3.05) is 26.3 Å². The molecule has 0 aliphatic carbocycles. The molecule has 1 N–H and O–H groups in total. The second-order valence-corrected chi connectivity index (χ2v) is 6.46. The number of piperidine rings is 1. The highest BCUT2D eigenvalue weighted by Crippen LogP contribution is 2.19. The molecule has 0 bridgehead atoms. The van der Waals surface area contributed by atoms with Gasteiger partial charge < -0.3 is 14.6 Å². The number of benzene rings is 1. The van der Waals surface area contributed by atoms with Gasteiger partial charge in [0.1, 0.15) is 5.75 Å². The average Bonchev–Trinajstić information content (AvgIpc) is 2.57. The summed E-state index contributed by atoms with van der Waals surface area (Å²) in [6.45, 7) is 4.79. The maximum absolute atomic E-state index is 9.32. The molecular formula is C18H27NO3. The van der Waals surface area contributed by atoms with Crippen LogP contribution in [0.25, 0.3) is 0 Å². The Balaban J connectivity index is 1.36. The maximum Gasteiger partial charge on any atom is 0.115 e. The number of hydrogen-bond acceptors (Lipinski definition) is 4. The van der Waals surface area contributed by atoms with Gasteiger partial charge in [0.2, 0.25) is 0 Å². The van der Waals surface area contributed by atoms with Crippen molar-refractivity contribution < 1.29 is 14.6 Å². The summed E-state index contributed by atoms with van der Waals surface area (Å²) in [4.78, 5) is 2.46. The molecule has 1 atom stereocenters. The number of likely N-dealkylation sites (tertiary alicyclic amines) is 1. The van der Waals surface area contributed by atoms with E-state index in [-0.39, 0.29) is 0 Å². The normalized spacial score (nSPS) is 24.5. The van der Waals surface area contributed by atoms with Crippen LogP contribution in [0.4, 0.5) is 0 Å². The van der Waals surface area contributed by atoms with E-state index in [0.717, 1.165) is 52.1 Å². The van der Waals surface area contributed by atoms with Crippen LogP contribution in [0.15, 0.2) is 24.3 Å². The number of rotatable bonds is 5. The van der Waals surface area contributed by atoms with E-state index in [1.54, 1.807) is 12.1 Å². The molecule has 0 aromatic heterocycles. The van der Waals surface area contributed by atoms with Crippen molar-refractivity contribution in [2.45, 2.75) is 50.9 Å². The van der Waals surface area contributed by atoms with Crippen molar-refractivity contribution in [3.63, 3.8) is 0 Å². The van der Waals surface area contributed by atoms with Crippen LogP contribution in [-0.4, -0.2) is 48.5 Å². The van der Waals surface area contributed by atoms with Gasteiger partial charge in [0.25, 0.3) is 0 Å². The number of aromatic hydroxyl groups is 1. The Kier molecular flexibility index (Phi) is 5.70. The summed E-state index contributed by atoms with van der Waals surface area (Å²) in [5.74, 6) is 0.334. The van der Waals surface area contributed by atoms with E-state index in [1.165, 1.54) is 18.4 Å². The summed E-state index contributed by atoms with van der Waals surface area (Å²) in [5.41, 5.74) is 1.26. The van der Waals surface area contributed by atoms with E-state index in [9.17, 15) is 5.11 Å². The lowest BCUT2D eigenvalue weighted by Gasteiger charge is -2.33. The summed E-state index contributed by atoms with van der Waals surface area (Å²) in [6.07, 6.45) is 6.55. The van der Waals surface area contributed by atoms with Crippen LogP contribution < -0.4 is 0 Å². The SMILES string of the molecule is Oc1ccc(CN2CCC(OC[C@@H]3CCCCO3)CC2)cc1. The van der Waals surface area contributed by atoms with Crippen LogP contribution in [0.5, 0.6) is 5.75 Å². The lowest BCUT2D eigenvalue weighted by Crippen LogP contribution is -2.38. The van der Waals surface area contributed by atoms with E-state index >= 15 is 0 Å². The zero-order valence-electron chi connectivity index (χ0n) is 13.2. The van der Waals surface area contributed by atoms with E-state index in [0.29, 0.717) is 18.0 Å². The van der Waals surface area contributed by atoms with E-state index in [4.69, 9.17) is 9.47 Å². The molecule has 0 unspecified atom stereocenters. The molecular weight excluding hydrogens is 278 g/mol. The quantitative estimate of drug-likeness (QED) is 0.908. The van der Waals surface area contributed by atoms with Crippen LogP contribution in [-0.2, 0) is 16.0 Å². The van der Waals surface area contributed by atoms with Crippen LogP contribution in [0.2, 0.25) is 0 Å². The first-order valence-electron chi connectivity index (χ1n) is 8.53. The van der Waals surface area contributed by atoms with Crippen LogP contribution in [0.1, 0.15) is 37.7 Å². The molecule has 3 rings (SSSR count). The Morgan fingerprint density at radius 1 is 1.09 bits per heavy atom. The highest BCUT2D eigenvalue weighted by atomic mass is 16.5. The average molecular weight is 305 g/mol. The zero-order chi connectivity index (χ0) is 15.2. The first-order valence-corrected chi connectivity index (χ1v) is 8.53. The molecule has 1 aromatic rings. The molecule has 1 aromatic carbocycles. The van der Waals surface area contributed by atoms with Gasteiger partial charge in [-0.2, -0.15) is 0 Å². The smallest absolute Gasteiger partial charge is 0.115 e. The fraction of sp³-hybridized carbons (Fsp3) is 0.667. The van der Waals surface area contributed by atoms with Crippen molar-refractivity contribution >= 4 is 0 Å². The lowest BCUT2D eigenvalue weighted by molar-refractivity contribution is -0.0753. The van der Waals surface area contributed by atoms with Gasteiger partial charge in [-0.3, -0.25) is 4.90 Å². The predicted octanol–water partition coefficient (Wildman–Crippen LogP) is 2.94. The molecule has 2 fully saturated rings. The van der Waals surface area contributed by atoms with Crippen molar-refractivity contribution in [2.24, 2.45) is 0 Å². The van der Waals surface area contributed by atoms with Gasteiger partial charge in [0, 0.05) is 26.2 Å². The van der Waals surface area contributed by atoms with E-state index in [2.05, 4.69) is 4.90 Å². The summed E-state index contributed by atoms with van der Waals surface area (Å²) in [7, 11) is 0. The van der Waals surface area contributed by atoms with Gasteiger partial charge in [-0.05, 0) is 49.8 Å². The monoisotopic (exact) mass is 305 g/mol. The van der Waals surface area contributed by atoms with Crippen molar-refractivity contribution in [1.82, 2.24) is 4.90 Å². The Bertz CT molecular complexity index is 434. The number of hydrogen-bond donors (Lipinski definition) is 1.